The summed E-state index contributed by atoms with van der Waals surface area (Å²) in [6.07, 6.45) is 0.790. The lowest BCUT2D eigenvalue weighted by molar-refractivity contribution is 0.0953. The topological polar surface area (TPSA) is 55.1 Å². The second kappa shape index (κ2) is 7.49. The second-order valence-electron chi connectivity index (χ2n) is 3.36. The lowest BCUT2D eigenvalue weighted by atomic mass is 10.1. The van der Waals surface area contributed by atoms with Gasteiger partial charge in [-0.3, -0.25) is 4.79 Å². The lowest BCUT2D eigenvalue weighted by Crippen LogP contribution is -2.25. The molecule has 3 nitrogen and oxygen atoms in total. The fourth-order valence-corrected chi connectivity index (χ4v) is 1.31. The van der Waals surface area contributed by atoms with Crippen molar-refractivity contribution in [3.05, 3.63) is 34.3 Å². The number of benzene rings is 1. The number of carbonyl (C=O) groups excluding carboxylic acids is 1. The number of nitrogens with two attached hydrogens (primary N) is 1. The normalized spacial score (nSPS) is 9.44. The molecule has 16 heavy (non-hydrogen) atoms. The van der Waals surface area contributed by atoms with Gasteiger partial charge < -0.3 is 11.1 Å². The summed E-state index contributed by atoms with van der Waals surface area (Å²) in [5.74, 6) is -0.0804. The van der Waals surface area contributed by atoms with E-state index in [2.05, 4.69) is 5.32 Å². The van der Waals surface area contributed by atoms with E-state index in [1.165, 1.54) is 0 Å². The van der Waals surface area contributed by atoms with Crippen LogP contribution < -0.4 is 11.1 Å². The molecule has 0 aliphatic heterocycles. The SMILES string of the molecule is Cc1cc(C(=O)NCCCN)ccc1Cl.Cl. The van der Waals surface area contributed by atoms with Crippen molar-refractivity contribution in [2.24, 2.45) is 5.73 Å². The van der Waals surface area contributed by atoms with Gasteiger partial charge in [0.15, 0.2) is 0 Å². The maximum Gasteiger partial charge on any atom is 0.251 e. The van der Waals surface area contributed by atoms with Crippen LogP contribution in [0, 0.1) is 6.92 Å². The molecule has 5 heteroatoms. The highest BCUT2D eigenvalue weighted by Gasteiger charge is 2.05. The van der Waals surface area contributed by atoms with Crippen LogP contribution in [-0.2, 0) is 0 Å². The van der Waals surface area contributed by atoms with Gasteiger partial charge in [0, 0.05) is 17.1 Å². The number of nitrogens with one attached hydrogen (secondary N) is 1. The van der Waals surface area contributed by atoms with E-state index in [1.807, 2.05) is 6.92 Å². The predicted molar refractivity (Wildman–Crippen MR) is 69.4 cm³/mol. The Morgan fingerprint density at radius 2 is 2.19 bits per heavy atom. The van der Waals surface area contributed by atoms with E-state index >= 15 is 0 Å². The molecule has 90 valence electrons. The van der Waals surface area contributed by atoms with Crippen LogP contribution in [0.1, 0.15) is 22.3 Å². The molecule has 1 rings (SSSR count). The maximum atomic E-state index is 11.6. The maximum absolute atomic E-state index is 11.6. The van der Waals surface area contributed by atoms with Crippen LogP contribution in [0.25, 0.3) is 0 Å². The van der Waals surface area contributed by atoms with Crippen LogP contribution in [0.2, 0.25) is 5.02 Å². The van der Waals surface area contributed by atoms with Crippen molar-refractivity contribution in [1.82, 2.24) is 5.32 Å². The molecule has 0 heterocycles. The summed E-state index contributed by atoms with van der Waals surface area (Å²) in [7, 11) is 0. The largest absolute Gasteiger partial charge is 0.352 e. The molecule has 0 aromatic heterocycles. The number of carbonyl (C=O) groups is 1. The van der Waals surface area contributed by atoms with E-state index in [-0.39, 0.29) is 18.3 Å². The van der Waals surface area contributed by atoms with Crippen molar-refractivity contribution in [3.8, 4) is 0 Å². The Bertz CT molecular complexity index is 356. The average molecular weight is 263 g/mol. The minimum atomic E-state index is -0.0804. The quantitative estimate of drug-likeness (QED) is 0.818. The highest BCUT2D eigenvalue weighted by atomic mass is 35.5. The monoisotopic (exact) mass is 262 g/mol. The van der Waals surface area contributed by atoms with Crippen molar-refractivity contribution in [2.75, 3.05) is 13.1 Å². The molecule has 0 radical (unpaired) electrons. The Morgan fingerprint density at radius 3 is 2.75 bits per heavy atom. The van der Waals surface area contributed by atoms with Gasteiger partial charge in [-0.2, -0.15) is 0 Å². The summed E-state index contributed by atoms with van der Waals surface area (Å²) in [4.78, 5) is 11.6. The zero-order valence-electron chi connectivity index (χ0n) is 9.13. The van der Waals surface area contributed by atoms with Crippen LogP contribution >= 0.6 is 24.0 Å². The number of halogens is 2. The molecule has 0 saturated carbocycles. The van der Waals surface area contributed by atoms with Gasteiger partial charge in [-0.15, -0.1) is 12.4 Å². The molecule has 3 N–H and O–H groups in total. The summed E-state index contributed by atoms with van der Waals surface area (Å²) in [5.41, 5.74) is 6.87. The molecule has 1 aromatic rings. The van der Waals surface area contributed by atoms with Crippen LogP contribution in [0.4, 0.5) is 0 Å². The van der Waals surface area contributed by atoms with E-state index in [4.69, 9.17) is 17.3 Å². The highest BCUT2D eigenvalue weighted by molar-refractivity contribution is 6.31. The molecule has 0 saturated heterocycles. The molecule has 1 amide bonds. The van der Waals surface area contributed by atoms with Gasteiger partial charge in [-0.25, -0.2) is 0 Å². The first-order valence-electron chi connectivity index (χ1n) is 4.89. The van der Waals surface area contributed by atoms with Crippen LogP contribution in [0.3, 0.4) is 0 Å². The Hall–Kier alpha value is -0.770. The van der Waals surface area contributed by atoms with Gasteiger partial charge in [0.25, 0.3) is 5.91 Å². The van der Waals surface area contributed by atoms with Gasteiger partial charge in [-0.05, 0) is 43.7 Å². The Kier molecular flexibility index (Phi) is 7.13. The molecule has 0 aliphatic rings. The summed E-state index contributed by atoms with van der Waals surface area (Å²) in [6, 6.07) is 5.22. The number of rotatable bonds is 4. The molecule has 0 spiro atoms. The van der Waals surface area contributed by atoms with Crippen molar-refractivity contribution < 1.29 is 4.79 Å². The van der Waals surface area contributed by atoms with E-state index in [0.717, 1.165) is 12.0 Å². The van der Waals surface area contributed by atoms with Crippen LogP contribution in [0.15, 0.2) is 18.2 Å². The summed E-state index contributed by atoms with van der Waals surface area (Å²) in [5, 5.41) is 3.46. The first-order valence-corrected chi connectivity index (χ1v) is 5.27. The smallest absolute Gasteiger partial charge is 0.251 e. The average Bonchev–Trinajstić information content (AvgIpc) is 2.22. The summed E-state index contributed by atoms with van der Waals surface area (Å²) in [6.45, 7) is 3.07. The zero-order chi connectivity index (χ0) is 11.3. The van der Waals surface area contributed by atoms with Crippen molar-refractivity contribution in [3.63, 3.8) is 0 Å². The summed E-state index contributed by atoms with van der Waals surface area (Å²) < 4.78 is 0. The van der Waals surface area contributed by atoms with Crippen molar-refractivity contribution in [1.29, 1.82) is 0 Å². The first-order chi connectivity index (χ1) is 7.15. The minimum Gasteiger partial charge on any atom is -0.352 e. The molecule has 0 aliphatic carbocycles. The first kappa shape index (κ1) is 15.2. The lowest BCUT2D eigenvalue weighted by Gasteiger charge is -2.05. The number of aryl methyl sites for hydroxylation is 1. The van der Waals surface area contributed by atoms with Crippen LogP contribution in [0.5, 0.6) is 0 Å². The second-order valence-corrected chi connectivity index (χ2v) is 3.77. The van der Waals surface area contributed by atoms with Crippen molar-refractivity contribution >= 4 is 29.9 Å². The fourth-order valence-electron chi connectivity index (χ4n) is 1.19. The molecule has 1 aromatic carbocycles. The van der Waals surface area contributed by atoms with Crippen molar-refractivity contribution in [2.45, 2.75) is 13.3 Å². The van der Waals surface area contributed by atoms with E-state index in [0.29, 0.717) is 23.7 Å². The fraction of sp³-hybridized carbons (Fsp3) is 0.364. The number of amides is 1. The minimum absolute atomic E-state index is 0. The van der Waals surface area contributed by atoms with Gasteiger partial charge in [0.2, 0.25) is 0 Å². The van der Waals surface area contributed by atoms with Crippen LogP contribution in [-0.4, -0.2) is 19.0 Å². The Balaban J connectivity index is 0.00000225. The predicted octanol–water partition coefficient (Wildman–Crippen LogP) is 2.15. The molecular weight excluding hydrogens is 247 g/mol. The molecule has 0 fully saturated rings. The number of hydrogen-bond donors (Lipinski definition) is 2. The Morgan fingerprint density at radius 1 is 1.50 bits per heavy atom. The standard InChI is InChI=1S/C11H15ClN2O.ClH/c1-8-7-9(3-4-10(8)12)11(15)14-6-2-5-13;/h3-4,7H,2,5-6,13H2,1H3,(H,14,15);1H. The summed E-state index contributed by atoms with van der Waals surface area (Å²) >= 11 is 5.86. The van der Waals surface area contributed by atoms with Gasteiger partial charge in [0.1, 0.15) is 0 Å². The van der Waals surface area contributed by atoms with E-state index < -0.39 is 0 Å². The van der Waals surface area contributed by atoms with Gasteiger partial charge >= 0.3 is 0 Å². The third-order valence-corrected chi connectivity index (χ3v) is 2.51. The van der Waals surface area contributed by atoms with Gasteiger partial charge in [-0.1, -0.05) is 11.6 Å². The van der Waals surface area contributed by atoms with E-state index in [9.17, 15) is 4.79 Å². The molecule has 0 bridgehead atoms. The number of hydrogen-bond acceptors (Lipinski definition) is 2. The van der Waals surface area contributed by atoms with E-state index in [1.54, 1.807) is 18.2 Å². The molecule has 0 unspecified atom stereocenters. The highest BCUT2D eigenvalue weighted by Crippen LogP contribution is 2.16. The third-order valence-electron chi connectivity index (χ3n) is 2.09. The third kappa shape index (κ3) is 4.39. The molecular formula is C11H16Cl2N2O. The van der Waals surface area contributed by atoms with Gasteiger partial charge in [0.05, 0.1) is 0 Å². The Labute approximate surface area is 107 Å². The molecule has 0 atom stereocenters. The zero-order valence-corrected chi connectivity index (χ0v) is 10.7.